The Morgan fingerprint density at radius 1 is 1.57 bits per heavy atom. The predicted molar refractivity (Wildman–Crippen MR) is 56.6 cm³/mol. The molecular formula is C11H19N3. The van der Waals surface area contributed by atoms with E-state index in [1.807, 2.05) is 24.0 Å². The maximum atomic E-state index is 6.22. The number of aryl methyl sites for hydroxylation is 1. The fraction of sp³-hybridized carbons (Fsp3) is 0.727. The maximum Gasteiger partial charge on any atom is 0.125 e. The van der Waals surface area contributed by atoms with Crippen molar-refractivity contribution >= 4 is 0 Å². The largest absolute Gasteiger partial charge is 0.337 e. The van der Waals surface area contributed by atoms with Crippen molar-refractivity contribution in [2.45, 2.75) is 32.2 Å². The molecule has 1 fully saturated rings. The first kappa shape index (κ1) is 9.71. The average Bonchev–Trinajstić information content (AvgIpc) is 2.73. The molecule has 1 aromatic rings. The second kappa shape index (κ2) is 3.73. The summed E-state index contributed by atoms with van der Waals surface area (Å²) in [7, 11) is 2.01. The van der Waals surface area contributed by atoms with E-state index in [1.165, 1.54) is 19.3 Å². The first-order valence-electron chi connectivity index (χ1n) is 5.41. The van der Waals surface area contributed by atoms with Crippen LogP contribution in [0.15, 0.2) is 12.4 Å². The number of rotatable bonds is 2. The quantitative estimate of drug-likeness (QED) is 0.779. The van der Waals surface area contributed by atoms with E-state index in [4.69, 9.17) is 5.73 Å². The monoisotopic (exact) mass is 193 g/mol. The number of hydrogen-bond donors (Lipinski definition) is 1. The Hall–Kier alpha value is -0.830. The summed E-state index contributed by atoms with van der Waals surface area (Å²) >= 11 is 0. The number of hydrogen-bond acceptors (Lipinski definition) is 2. The summed E-state index contributed by atoms with van der Waals surface area (Å²) in [6.07, 6.45) is 7.63. The van der Waals surface area contributed by atoms with Gasteiger partial charge in [0.15, 0.2) is 0 Å². The van der Waals surface area contributed by atoms with E-state index >= 15 is 0 Å². The zero-order chi connectivity index (χ0) is 10.1. The Balaban J connectivity index is 2.09. The lowest BCUT2D eigenvalue weighted by molar-refractivity contribution is 0.406. The summed E-state index contributed by atoms with van der Waals surface area (Å²) in [6, 6.07) is 0.125. The van der Waals surface area contributed by atoms with Gasteiger partial charge in [0.05, 0.1) is 6.04 Å². The highest BCUT2D eigenvalue weighted by Gasteiger charge is 2.29. The molecule has 2 N–H and O–H groups in total. The Morgan fingerprint density at radius 2 is 2.36 bits per heavy atom. The summed E-state index contributed by atoms with van der Waals surface area (Å²) in [4.78, 5) is 4.32. The van der Waals surface area contributed by atoms with Crippen LogP contribution in [0.2, 0.25) is 0 Å². The molecule has 3 heteroatoms. The van der Waals surface area contributed by atoms with E-state index in [2.05, 4.69) is 11.9 Å². The number of aromatic nitrogens is 2. The zero-order valence-electron chi connectivity index (χ0n) is 8.98. The van der Waals surface area contributed by atoms with Gasteiger partial charge in [-0.1, -0.05) is 13.3 Å². The van der Waals surface area contributed by atoms with Gasteiger partial charge >= 0.3 is 0 Å². The highest BCUT2D eigenvalue weighted by atomic mass is 15.1. The molecule has 0 bridgehead atoms. The number of imidazole rings is 1. The Bertz CT molecular complexity index is 305. The van der Waals surface area contributed by atoms with Crippen molar-refractivity contribution in [1.82, 2.24) is 9.55 Å². The van der Waals surface area contributed by atoms with E-state index in [-0.39, 0.29) is 6.04 Å². The summed E-state index contributed by atoms with van der Waals surface area (Å²) in [5.74, 6) is 2.50. The van der Waals surface area contributed by atoms with Crippen LogP contribution < -0.4 is 5.73 Å². The van der Waals surface area contributed by atoms with Crippen LogP contribution in [0, 0.1) is 11.8 Å². The predicted octanol–water partition coefficient (Wildman–Crippen LogP) is 1.86. The van der Waals surface area contributed by atoms with Crippen molar-refractivity contribution in [3.63, 3.8) is 0 Å². The molecule has 1 heterocycles. The van der Waals surface area contributed by atoms with Gasteiger partial charge in [0.25, 0.3) is 0 Å². The molecule has 1 aromatic heterocycles. The molecule has 78 valence electrons. The molecular weight excluding hydrogens is 174 g/mol. The fourth-order valence-electron chi connectivity index (χ4n) is 2.49. The summed E-state index contributed by atoms with van der Waals surface area (Å²) in [6.45, 7) is 2.31. The van der Waals surface area contributed by atoms with Crippen LogP contribution in [-0.4, -0.2) is 9.55 Å². The standard InChI is InChI=1S/C11H19N3/c1-8-3-4-9(7-8)10(12)11-13-5-6-14(11)2/h5-6,8-10H,3-4,7,12H2,1-2H3. The van der Waals surface area contributed by atoms with Crippen molar-refractivity contribution in [3.05, 3.63) is 18.2 Å². The van der Waals surface area contributed by atoms with Gasteiger partial charge in [-0.3, -0.25) is 0 Å². The molecule has 0 amide bonds. The molecule has 1 aliphatic carbocycles. The topological polar surface area (TPSA) is 43.8 Å². The number of nitrogens with two attached hydrogens (primary N) is 1. The Morgan fingerprint density at radius 3 is 2.86 bits per heavy atom. The smallest absolute Gasteiger partial charge is 0.125 e. The average molecular weight is 193 g/mol. The first-order chi connectivity index (χ1) is 6.68. The second-order valence-corrected chi connectivity index (χ2v) is 4.60. The third-order valence-electron chi connectivity index (χ3n) is 3.40. The van der Waals surface area contributed by atoms with E-state index in [0.29, 0.717) is 5.92 Å². The van der Waals surface area contributed by atoms with Gasteiger partial charge in [0, 0.05) is 19.4 Å². The second-order valence-electron chi connectivity index (χ2n) is 4.60. The first-order valence-corrected chi connectivity index (χ1v) is 5.41. The molecule has 0 aromatic carbocycles. The molecule has 3 unspecified atom stereocenters. The van der Waals surface area contributed by atoms with Gasteiger partial charge in [0.1, 0.15) is 5.82 Å². The molecule has 0 spiro atoms. The van der Waals surface area contributed by atoms with Gasteiger partial charge < -0.3 is 10.3 Å². The minimum Gasteiger partial charge on any atom is -0.337 e. The van der Waals surface area contributed by atoms with Crippen LogP contribution in [0.25, 0.3) is 0 Å². The lowest BCUT2D eigenvalue weighted by Gasteiger charge is -2.18. The van der Waals surface area contributed by atoms with Crippen molar-refractivity contribution in [2.75, 3.05) is 0 Å². The highest BCUT2D eigenvalue weighted by molar-refractivity contribution is 5.01. The normalized spacial score (nSPS) is 29.4. The minimum absolute atomic E-state index is 0.125. The molecule has 0 saturated heterocycles. The highest BCUT2D eigenvalue weighted by Crippen LogP contribution is 2.36. The molecule has 14 heavy (non-hydrogen) atoms. The van der Waals surface area contributed by atoms with Crippen LogP contribution in [0.4, 0.5) is 0 Å². The van der Waals surface area contributed by atoms with Crippen LogP contribution in [0.5, 0.6) is 0 Å². The van der Waals surface area contributed by atoms with Crippen molar-refractivity contribution < 1.29 is 0 Å². The third-order valence-corrected chi connectivity index (χ3v) is 3.40. The summed E-state index contributed by atoms with van der Waals surface area (Å²) < 4.78 is 2.04. The van der Waals surface area contributed by atoms with Crippen LogP contribution >= 0.6 is 0 Å². The Kier molecular flexibility index (Phi) is 2.59. The van der Waals surface area contributed by atoms with Gasteiger partial charge in [-0.25, -0.2) is 4.98 Å². The summed E-state index contributed by atoms with van der Waals surface area (Å²) in [5, 5.41) is 0. The lowest BCUT2D eigenvalue weighted by Crippen LogP contribution is -2.22. The van der Waals surface area contributed by atoms with E-state index < -0.39 is 0 Å². The molecule has 1 saturated carbocycles. The van der Waals surface area contributed by atoms with Crippen LogP contribution in [0.1, 0.15) is 38.1 Å². The molecule has 2 rings (SSSR count). The molecule has 0 aliphatic heterocycles. The fourth-order valence-corrected chi connectivity index (χ4v) is 2.49. The minimum atomic E-state index is 0.125. The van der Waals surface area contributed by atoms with Gasteiger partial charge in [-0.2, -0.15) is 0 Å². The maximum absolute atomic E-state index is 6.22. The zero-order valence-corrected chi connectivity index (χ0v) is 8.98. The Labute approximate surface area is 85.3 Å². The van der Waals surface area contributed by atoms with Gasteiger partial charge in [-0.05, 0) is 24.7 Å². The van der Waals surface area contributed by atoms with Crippen molar-refractivity contribution in [1.29, 1.82) is 0 Å². The molecule has 3 atom stereocenters. The van der Waals surface area contributed by atoms with E-state index in [0.717, 1.165) is 11.7 Å². The third kappa shape index (κ3) is 1.69. The molecule has 1 aliphatic rings. The van der Waals surface area contributed by atoms with Gasteiger partial charge in [-0.15, -0.1) is 0 Å². The summed E-state index contributed by atoms with van der Waals surface area (Å²) in [5.41, 5.74) is 6.22. The van der Waals surface area contributed by atoms with Crippen molar-refractivity contribution in [3.8, 4) is 0 Å². The number of nitrogens with zero attached hydrogens (tertiary/aromatic N) is 2. The van der Waals surface area contributed by atoms with Crippen LogP contribution in [-0.2, 0) is 7.05 Å². The van der Waals surface area contributed by atoms with E-state index in [9.17, 15) is 0 Å². The molecule has 3 nitrogen and oxygen atoms in total. The van der Waals surface area contributed by atoms with Crippen molar-refractivity contribution in [2.24, 2.45) is 24.6 Å². The van der Waals surface area contributed by atoms with E-state index in [1.54, 1.807) is 0 Å². The lowest BCUT2D eigenvalue weighted by atomic mass is 9.97. The van der Waals surface area contributed by atoms with Crippen LogP contribution in [0.3, 0.4) is 0 Å². The van der Waals surface area contributed by atoms with Gasteiger partial charge in [0.2, 0.25) is 0 Å². The molecule has 0 radical (unpaired) electrons. The SMILES string of the molecule is CC1CCC(C(N)c2nccn2C)C1.